The first-order chi connectivity index (χ1) is 13.2. The summed E-state index contributed by atoms with van der Waals surface area (Å²) < 4.78 is 11.5. The lowest BCUT2D eigenvalue weighted by molar-refractivity contribution is -0.125. The van der Waals surface area contributed by atoms with Gasteiger partial charge in [-0.3, -0.25) is 9.59 Å². The van der Waals surface area contributed by atoms with E-state index in [4.69, 9.17) is 9.47 Å². The number of hydrogen-bond donors (Lipinski definition) is 1. The Bertz CT molecular complexity index is 830. The van der Waals surface area contributed by atoms with E-state index >= 15 is 0 Å². The van der Waals surface area contributed by atoms with Crippen molar-refractivity contribution in [2.45, 2.75) is 12.1 Å². The van der Waals surface area contributed by atoms with E-state index in [0.29, 0.717) is 41.8 Å². The average molecular weight is 384 g/mol. The fourth-order valence-corrected chi connectivity index (χ4v) is 4.26. The quantitative estimate of drug-likeness (QED) is 0.875. The Kier molecular flexibility index (Phi) is 5.20. The van der Waals surface area contributed by atoms with Crippen molar-refractivity contribution < 1.29 is 19.1 Å². The van der Waals surface area contributed by atoms with E-state index in [9.17, 15) is 9.59 Å². The summed E-state index contributed by atoms with van der Waals surface area (Å²) in [5.41, 5.74) is 0.596. The van der Waals surface area contributed by atoms with E-state index in [2.05, 4.69) is 5.32 Å². The molecule has 6 nitrogen and oxygen atoms in total. The molecule has 2 aromatic carbocycles. The minimum Gasteiger partial charge on any atom is -0.486 e. The number of fused-ring (bicyclic) bond motifs is 1. The van der Waals surface area contributed by atoms with Gasteiger partial charge in [0.05, 0.1) is 12.4 Å². The lowest BCUT2D eigenvalue weighted by Crippen LogP contribution is -2.50. The first kappa shape index (κ1) is 17.7. The van der Waals surface area contributed by atoms with Crippen LogP contribution >= 0.6 is 11.8 Å². The molecule has 0 unspecified atom stereocenters. The van der Waals surface area contributed by atoms with Crippen molar-refractivity contribution in [2.24, 2.45) is 0 Å². The molecule has 0 saturated carbocycles. The molecule has 0 bridgehead atoms. The van der Waals surface area contributed by atoms with Crippen molar-refractivity contribution in [3.8, 4) is 11.5 Å². The van der Waals surface area contributed by atoms with Crippen molar-refractivity contribution >= 4 is 23.6 Å². The summed E-state index contributed by atoms with van der Waals surface area (Å²) >= 11 is 1.58. The van der Waals surface area contributed by atoms with Crippen LogP contribution < -0.4 is 14.8 Å². The number of nitrogens with zero attached hydrogens (tertiary/aromatic N) is 1. The molecule has 7 heteroatoms. The predicted molar refractivity (Wildman–Crippen MR) is 103 cm³/mol. The molecule has 2 aliphatic heterocycles. The van der Waals surface area contributed by atoms with Gasteiger partial charge in [0.25, 0.3) is 5.91 Å². The third-order valence-electron chi connectivity index (χ3n) is 4.54. The Hall–Kier alpha value is -2.67. The Morgan fingerprint density at radius 1 is 1.07 bits per heavy atom. The number of carbonyl (C=O) groups excluding carboxylic acids is 2. The third-order valence-corrected chi connectivity index (χ3v) is 5.55. The fraction of sp³-hybridized carbons (Fsp3) is 0.300. The molecule has 4 rings (SSSR count). The highest BCUT2D eigenvalue weighted by atomic mass is 32.2. The zero-order chi connectivity index (χ0) is 18.6. The zero-order valence-electron chi connectivity index (χ0n) is 14.7. The van der Waals surface area contributed by atoms with E-state index in [-0.39, 0.29) is 17.9 Å². The molecular formula is C20H20N2O4S. The van der Waals surface area contributed by atoms with Crippen LogP contribution in [0.25, 0.3) is 0 Å². The number of carbonyl (C=O) groups is 2. The second kappa shape index (κ2) is 7.92. The molecule has 0 aromatic heterocycles. The largest absolute Gasteiger partial charge is 0.486 e. The monoisotopic (exact) mass is 384 g/mol. The summed E-state index contributed by atoms with van der Waals surface area (Å²) in [6.45, 7) is 0.713. The van der Waals surface area contributed by atoms with E-state index in [0.717, 1.165) is 0 Å². The van der Waals surface area contributed by atoms with Crippen molar-refractivity contribution in [3.63, 3.8) is 0 Å². The molecule has 0 spiro atoms. The van der Waals surface area contributed by atoms with Crippen molar-refractivity contribution in [2.75, 3.05) is 24.8 Å². The Labute approximate surface area is 161 Å². The van der Waals surface area contributed by atoms with Crippen LogP contribution in [-0.4, -0.2) is 53.6 Å². The van der Waals surface area contributed by atoms with Gasteiger partial charge in [-0.2, -0.15) is 0 Å². The Morgan fingerprint density at radius 2 is 1.81 bits per heavy atom. The van der Waals surface area contributed by atoms with Gasteiger partial charge in [0.1, 0.15) is 18.8 Å². The van der Waals surface area contributed by atoms with Crippen LogP contribution in [0.1, 0.15) is 10.4 Å². The Balaban J connectivity index is 1.35. The van der Waals surface area contributed by atoms with E-state index < -0.39 is 6.04 Å². The van der Waals surface area contributed by atoms with Gasteiger partial charge >= 0.3 is 0 Å². The van der Waals surface area contributed by atoms with E-state index in [1.807, 2.05) is 42.5 Å². The molecule has 2 amide bonds. The number of thioether (sulfide) groups is 1. The summed E-state index contributed by atoms with van der Waals surface area (Å²) in [4.78, 5) is 27.0. The standard InChI is InChI=1S/C20H20N2O4S/c23-19(21-10-15-11-25-17-8-4-5-9-18(17)26-15)16-12-27-13-22(16)20(24)14-6-2-1-3-7-14/h1-9,15-16H,10-13H2,(H,21,23)/t15-,16+/m1/s1. The molecule has 140 valence electrons. The number of amides is 2. The molecule has 2 heterocycles. The van der Waals surface area contributed by atoms with E-state index in [1.165, 1.54) is 0 Å². The number of nitrogens with one attached hydrogen (secondary N) is 1. The normalized spacial score (nSPS) is 21.0. The van der Waals surface area contributed by atoms with Crippen molar-refractivity contribution in [1.29, 1.82) is 0 Å². The van der Waals surface area contributed by atoms with Crippen LogP contribution in [0.15, 0.2) is 54.6 Å². The smallest absolute Gasteiger partial charge is 0.255 e. The second-order valence-corrected chi connectivity index (χ2v) is 7.40. The average Bonchev–Trinajstić information content (AvgIpc) is 3.22. The fourth-order valence-electron chi connectivity index (χ4n) is 3.10. The number of benzene rings is 2. The summed E-state index contributed by atoms with van der Waals surface area (Å²) in [6.07, 6.45) is -0.254. The van der Waals surface area contributed by atoms with Crippen LogP contribution in [0.5, 0.6) is 11.5 Å². The molecular weight excluding hydrogens is 364 g/mol. The molecule has 0 radical (unpaired) electrons. The SMILES string of the molecule is O=C(NC[C@@H]1COc2ccccc2O1)[C@@H]1CSCN1C(=O)c1ccccc1. The molecule has 2 aliphatic rings. The lowest BCUT2D eigenvalue weighted by atomic mass is 10.1. The Morgan fingerprint density at radius 3 is 2.63 bits per heavy atom. The zero-order valence-corrected chi connectivity index (χ0v) is 15.5. The first-order valence-electron chi connectivity index (χ1n) is 8.82. The van der Waals surface area contributed by atoms with Crippen molar-refractivity contribution in [3.05, 3.63) is 60.2 Å². The number of hydrogen-bond acceptors (Lipinski definition) is 5. The number of ether oxygens (including phenoxy) is 2. The van der Waals surface area contributed by atoms with E-state index in [1.54, 1.807) is 28.8 Å². The van der Waals surface area contributed by atoms with Gasteiger partial charge in [-0.1, -0.05) is 30.3 Å². The van der Waals surface area contributed by atoms with Crippen LogP contribution in [0.2, 0.25) is 0 Å². The van der Waals surface area contributed by atoms with Gasteiger partial charge in [-0.15, -0.1) is 11.8 Å². The summed E-state index contributed by atoms with van der Waals surface area (Å²) in [7, 11) is 0. The maximum Gasteiger partial charge on any atom is 0.255 e. The lowest BCUT2D eigenvalue weighted by Gasteiger charge is -2.28. The highest BCUT2D eigenvalue weighted by molar-refractivity contribution is 7.99. The minimum atomic E-state index is -0.473. The van der Waals surface area contributed by atoms with Crippen LogP contribution in [0.4, 0.5) is 0 Å². The maximum absolute atomic E-state index is 12.7. The highest BCUT2D eigenvalue weighted by Crippen LogP contribution is 2.30. The molecule has 0 aliphatic carbocycles. The van der Waals surface area contributed by atoms with Gasteiger partial charge in [0.2, 0.25) is 5.91 Å². The molecule has 27 heavy (non-hydrogen) atoms. The van der Waals surface area contributed by atoms with Gasteiger partial charge < -0.3 is 19.7 Å². The summed E-state index contributed by atoms with van der Waals surface area (Å²) in [5, 5.41) is 2.91. The molecule has 1 N–H and O–H groups in total. The highest BCUT2D eigenvalue weighted by Gasteiger charge is 2.35. The van der Waals surface area contributed by atoms with Gasteiger partial charge in [-0.25, -0.2) is 0 Å². The first-order valence-corrected chi connectivity index (χ1v) is 9.98. The van der Waals surface area contributed by atoms with Gasteiger partial charge in [0.15, 0.2) is 11.5 Å². The minimum absolute atomic E-state index is 0.119. The molecule has 1 saturated heterocycles. The number of rotatable bonds is 4. The van der Waals surface area contributed by atoms with Gasteiger partial charge in [0, 0.05) is 11.3 Å². The van der Waals surface area contributed by atoms with Crippen LogP contribution in [0.3, 0.4) is 0 Å². The topological polar surface area (TPSA) is 67.9 Å². The number of para-hydroxylation sites is 2. The van der Waals surface area contributed by atoms with Crippen molar-refractivity contribution in [1.82, 2.24) is 10.2 Å². The second-order valence-electron chi connectivity index (χ2n) is 6.40. The summed E-state index contributed by atoms with van der Waals surface area (Å²) in [6, 6.07) is 16.0. The summed E-state index contributed by atoms with van der Waals surface area (Å²) in [5.74, 6) is 2.23. The predicted octanol–water partition coefficient (Wildman–Crippen LogP) is 2.16. The molecule has 2 aromatic rings. The van der Waals surface area contributed by atoms with Crippen LogP contribution in [-0.2, 0) is 4.79 Å². The van der Waals surface area contributed by atoms with Gasteiger partial charge in [-0.05, 0) is 24.3 Å². The molecule has 1 fully saturated rings. The third kappa shape index (κ3) is 3.88. The molecule has 2 atom stereocenters. The maximum atomic E-state index is 12.7. The van der Waals surface area contributed by atoms with Crippen LogP contribution in [0, 0.1) is 0 Å².